The molecule has 5 rings (SSSR count). The van der Waals surface area contributed by atoms with Gasteiger partial charge in [-0.1, -0.05) is 26.0 Å². The Labute approximate surface area is 297 Å². The SMILES string of the molecule is C=CCN(C(=O)C1N([C@@H](CO)C(C)C)C(=O)[C@@H]2[C@H](C(=O)N(CC=C)c3ccc(OCC)cc3)[C@]3(C)CCC12O3)c1ccc(N(CC)CC)cc1. The third kappa shape index (κ3) is 6.21. The first-order valence-corrected chi connectivity index (χ1v) is 18.0. The van der Waals surface area contributed by atoms with Gasteiger partial charge in [-0.2, -0.15) is 0 Å². The van der Waals surface area contributed by atoms with Crippen molar-refractivity contribution in [3.8, 4) is 5.75 Å². The van der Waals surface area contributed by atoms with Gasteiger partial charge in [0.15, 0.2) is 0 Å². The number of benzene rings is 2. The number of carbonyl (C=O) groups is 3. The largest absolute Gasteiger partial charge is 0.494 e. The van der Waals surface area contributed by atoms with E-state index in [0.717, 1.165) is 18.8 Å². The molecule has 1 N–H and O–H groups in total. The van der Waals surface area contributed by atoms with Crippen LogP contribution in [0.3, 0.4) is 0 Å². The van der Waals surface area contributed by atoms with E-state index >= 15 is 4.79 Å². The molecule has 3 heterocycles. The molecular weight excluding hydrogens is 632 g/mol. The third-order valence-corrected chi connectivity index (χ3v) is 10.9. The summed E-state index contributed by atoms with van der Waals surface area (Å²) >= 11 is 0. The standard InChI is InChI=1S/C40H54N4O6/c1-9-24-42(30-18-20-31(21-19-30)49-13-5)36(46)33-34-37(47)44(32(26-45)27(6)7)35(40(34)23-22-39(33,8)50-40)38(48)43(25-10-2)29-16-14-28(15-17-29)41(11-3)12-4/h9-10,14-21,27,32-35,45H,1-2,11-13,22-26H2,3-8H3/t32-,33+,34-,35?,39-,40?/m0/s1. The predicted molar refractivity (Wildman–Crippen MR) is 197 cm³/mol. The van der Waals surface area contributed by atoms with Gasteiger partial charge in [-0.3, -0.25) is 14.4 Å². The number of nitrogens with zero attached hydrogens (tertiary/aromatic N) is 4. The summed E-state index contributed by atoms with van der Waals surface area (Å²) in [5.74, 6) is -2.16. The quantitative estimate of drug-likeness (QED) is 0.234. The van der Waals surface area contributed by atoms with Crippen LogP contribution in [0.5, 0.6) is 5.75 Å². The highest BCUT2D eigenvalue weighted by Crippen LogP contribution is 2.64. The number of aliphatic hydroxyl groups is 1. The van der Waals surface area contributed by atoms with Crippen LogP contribution < -0.4 is 19.4 Å². The zero-order chi connectivity index (χ0) is 36.4. The Bertz CT molecular complexity index is 1560. The Morgan fingerprint density at radius 3 is 1.98 bits per heavy atom. The number of fused-ring (bicyclic) bond motifs is 1. The molecule has 2 unspecified atom stereocenters. The van der Waals surface area contributed by atoms with Crippen molar-refractivity contribution in [3.05, 3.63) is 73.8 Å². The monoisotopic (exact) mass is 686 g/mol. The van der Waals surface area contributed by atoms with Crippen molar-refractivity contribution < 1.29 is 29.0 Å². The van der Waals surface area contributed by atoms with E-state index in [4.69, 9.17) is 9.47 Å². The number of hydrogen-bond donors (Lipinski definition) is 1. The number of anilines is 3. The molecule has 2 aromatic carbocycles. The van der Waals surface area contributed by atoms with Crippen LogP contribution in [0.4, 0.5) is 17.1 Å². The summed E-state index contributed by atoms with van der Waals surface area (Å²) in [6.07, 6.45) is 4.26. The molecule has 1 spiro atoms. The molecule has 3 aliphatic rings. The first kappa shape index (κ1) is 37.1. The number of carbonyl (C=O) groups excluding carboxylic acids is 3. The van der Waals surface area contributed by atoms with Gasteiger partial charge in [0.1, 0.15) is 17.4 Å². The van der Waals surface area contributed by atoms with E-state index in [1.165, 1.54) is 0 Å². The van der Waals surface area contributed by atoms with Gasteiger partial charge in [0, 0.05) is 43.2 Å². The van der Waals surface area contributed by atoms with Gasteiger partial charge < -0.3 is 34.2 Å². The average molecular weight is 687 g/mol. The molecule has 10 heteroatoms. The molecule has 2 bridgehead atoms. The molecule has 3 amide bonds. The lowest BCUT2D eigenvalue weighted by molar-refractivity contribution is -0.149. The van der Waals surface area contributed by atoms with Crippen molar-refractivity contribution in [2.45, 2.75) is 77.7 Å². The highest BCUT2D eigenvalue weighted by Gasteiger charge is 2.79. The van der Waals surface area contributed by atoms with Gasteiger partial charge in [-0.25, -0.2) is 0 Å². The molecule has 6 atom stereocenters. The molecule has 3 fully saturated rings. The first-order valence-electron chi connectivity index (χ1n) is 18.0. The Hall–Kier alpha value is -4.15. The van der Waals surface area contributed by atoms with Crippen molar-refractivity contribution >= 4 is 34.8 Å². The summed E-state index contributed by atoms with van der Waals surface area (Å²) in [6, 6.07) is 13.4. The zero-order valence-electron chi connectivity index (χ0n) is 30.5. The lowest BCUT2D eigenvalue weighted by Gasteiger charge is -2.40. The second-order valence-corrected chi connectivity index (χ2v) is 14.1. The predicted octanol–water partition coefficient (Wildman–Crippen LogP) is 5.45. The molecule has 10 nitrogen and oxygen atoms in total. The average Bonchev–Trinajstić information content (AvgIpc) is 3.68. The summed E-state index contributed by atoms with van der Waals surface area (Å²) < 4.78 is 12.6. The highest BCUT2D eigenvalue weighted by atomic mass is 16.5. The number of amides is 3. The van der Waals surface area contributed by atoms with E-state index in [1.807, 2.05) is 76.2 Å². The van der Waals surface area contributed by atoms with Gasteiger partial charge in [0.2, 0.25) is 11.8 Å². The van der Waals surface area contributed by atoms with Gasteiger partial charge in [0.25, 0.3) is 5.91 Å². The maximum atomic E-state index is 15.1. The maximum absolute atomic E-state index is 15.1. The Balaban J connectivity index is 1.59. The molecular formula is C40H54N4O6. The van der Waals surface area contributed by atoms with Crippen LogP contribution in [0.25, 0.3) is 0 Å². The second-order valence-electron chi connectivity index (χ2n) is 14.1. The molecule has 0 radical (unpaired) electrons. The minimum absolute atomic E-state index is 0.168. The van der Waals surface area contributed by atoms with E-state index in [9.17, 15) is 14.7 Å². The van der Waals surface area contributed by atoms with Crippen molar-refractivity contribution in [3.63, 3.8) is 0 Å². The summed E-state index contributed by atoms with van der Waals surface area (Å²) in [4.78, 5) is 51.9. The lowest BCUT2D eigenvalue weighted by atomic mass is 9.66. The van der Waals surface area contributed by atoms with Gasteiger partial charge >= 0.3 is 0 Å². The fourth-order valence-corrected chi connectivity index (χ4v) is 8.54. The lowest BCUT2D eigenvalue weighted by Crippen LogP contribution is -2.60. The molecule has 3 saturated heterocycles. The Morgan fingerprint density at radius 1 is 0.940 bits per heavy atom. The van der Waals surface area contributed by atoms with Crippen LogP contribution in [-0.4, -0.2) is 90.4 Å². The fraction of sp³-hybridized carbons (Fsp3) is 0.525. The number of hydrogen-bond acceptors (Lipinski definition) is 7. The van der Waals surface area contributed by atoms with E-state index in [1.54, 1.807) is 26.9 Å². The Morgan fingerprint density at radius 2 is 1.48 bits per heavy atom. The minimum Gasteiger partial charge on any atom is -0.494 e. The van der Waals surface area contributed by atoms with E-state index in [-0.39, 0.29) is 43.3 Å². The minimum atomic E-state index is -1.26. The summed E-state index contributed by atoms with van der Waals surface area (Å²) in [6.45, 7) is 22.0. The Kier molecular flexibility index (Phi) is 11.1. The summed E-state index contributed by atoms with van der Waals surface area (Å²) in [5.41, 5.74) is 0.125. The number of aliphatic hydroxyl groups excluding tert-OH is 1. The van der Waals surface area contributed by atoms with Crippen LogP contribution in [0, 0.1) is 17.8 Å². The van der Waals surface area contributed by atoms with Crippen LogP contribution in [0.1, 0.15) is 54.4 Å². The van der Waals surface area contributed by atoms with Crippen LogP contribution in [-0.2, 0) is 19.1 Å². The molecule has 0 aromatic heterocycles. The van der Waals surface area contributed by atoms with Crippen molar-refractivity contribution in [1.82, 2.24) is 4.90 Å². The highest BCUT2D eigenvalue weighted by molar-refractivity contribution is 6.07. The van der Waals surface area contributed by atoms with Gasteiger partial charge in [0.05, 0.1) is 36.7 Å². The fourth-order valence-electron chi connectivity index (χ4n) is 8.54. The van der Waals surface area contributed by atoms with E-state index < -0.39 is 35.1 Å². The number of ether oxygens (including phenoxy) is 2. The summed E-state index contributed by atoms with van der Waals surface area (Å²) in [5, 5.41) is 10.7. The normalized spacial score (nSPS) is 25.7. The molecule has 2 aromatic rings. The topological polar surface area (TPSA) is 103 Å². The van der Waals surface area contributed by atoms with Crippen molar-refractivity contribution in [1.29, 1.82) is 0 Å². The second kappa shape index (κ2) is 15.0. The number of likely N-dealkylation sites (tertiary alicyclic amines) is 1. The molecule has 270 valence electrons. The summed E-state index contributed by atoms with van der Waals surface area (Å²) in [7, 11) is 0. The van der Waals surface area contributed by atoms with Gasteiger partial charge in [-0.15, -0.1) is 13.2 Å². The molecule has 0 saturated carbocycles. The van der Waals surface area contributed by atoms with Crippen LogP contribution in [0.2, 0.25) is 0 Å². The third-order valence-electron chi connectivity index (χ3n) is 10.9. The van der Waals surface area contributed by atoms with Crippen LogP contribution >= 0.6 is 0 Å². The number of rotatable bonds is 16. The van der Waals surface area contributed by atoms with Crippen molar-refractivity contribution in [2.75, 3.05) is 54.1 Å². The molecule has 3 aliphatic heterocycles. The first-order chi connectivity index (χ1) is 24.0. The zero-order valence-corrected chi connectivity index (χ0v) is 30.5. The molecule has 0 aliphatic carbocycles. The maximum Gasteiger partial charge on any atom is 0.253 e. The van der Waals surface area contributed by atoms with Crippen LogP contribution in [0.15, 0.2) is 73.8 Å². The van der Waals surface area contributed by atoms with E-state index in [2.05, 4.69) is 31.9 Å². The van der Waals surface area contributed by atoms with E-state index in [0.29, 0.717) is 36.6 Å². The smallest absolute Gasteiger partial charge is 0.253 e. The molecule has 50 heavy (non-hydrogen) atoms. The van der Waals surface area contributed by atoms with Crippen molar-refractivity contribution in [2.24, 2.45) is 17.8 Å². The van der Waals surface area contributed by atoms with Gasteiger partial charge in [-0.05, 0) is 95.0 Å².